The van der Waals surface area contributed by atoms with Gasteiger partial charge < -0.3 is 20.3 Å². The number of amides is 1. The molecule has 0 aromatic rings. The molecule has 6 nitrogen and oxygen atoms in total. The predicted octanol–water partition coefficient (Wildman–Crippen LogP) is 23.7. The molecule has 0 aliphatic carbocycles. The molecule has 6 heteroatoms. The lowest BCUT2D eigenvalue weighted by Gasteiger charge is -2.20. The first kappa shape index (κ1) is 78.3. The second kappa shape index (κ2) is 69.8. The van der Waals surface area contributed by atoms with Crippen molar-refractivity contribution in [1.82, 2.24) is 5.32 Å². The summed E-state index contributed by atoms with van der Waals surface area (Å²) in [4.78, 5) is 24.6. The summed E-state index contributed by atoms with van der Waals surface area (Å²) in [5.74, 6) is -0.0422. The summed E-state index contributed by atoms with van der Waals surface area (Å²) in [6.45, 7) is 4.94. The molecule has 3 N–H and O–H groups in total. The maximum Gasteiger partial charge on any atom is 0.305 e. The molecule has 0 radical (unpaired) electrons. The largest absolute Gasteiger partial charge is 0.466 e. The molecule has 0 saturated heterocycles. The van der Waals surface area contributed by atoms with E-state index in [0.717, 1.165) is 38.5 Å². The highest BCUT2D eigenvalue weighted by Gasteiger charge is 2.18. The van der Waals surface area contributed by atoms with Gasteiger partial charge in [0.2, 0.25) is 5.91 Å². The molecule has 0 aromatic carbocycles. The highest BCUT2D eigenvalue weighted by Crippen LogP contribution is 2.19. The third-order valence-electron chi connectivity index (χ3n) is 17.2. The Morgan fingerprint density at radius 2 is 0.588 bits per heavy atom. The van der Waals surface area contributed by atoms with Crippen molar-refractivity contribution in [2.45, 2.75) is 424 Å². The number of rotatable bonds is 69. The molecule has 2 atom stereocenters. The number of unbranched alkanes of at least 4 members (excludes halogenated alkanes) is 56. The van der Waals surface area contributed by atoms with Crippen molar-refractivity contribution in [3.63, 3.8) is 0 Å². The van der Waals surface area contributed by atoms with E-state index in [1.807, 2.05) is 6.08 Å². The molecule has 2 unspecified atom stereocenters. The molecule has 0 spiro atoms. The van der Waals surface area contributed by atoms with Crippen molar-refractivity contribution in [1.29, 1.82) is 0 Å². The monoisotopic (exact) mass is 1130 g/mol. The van der Waals surface area contributed by atoms with Crippen LogP contribution in [0.5, 0.6) is 0 Å². The van der Waals surface area contributed by atoms with Crippen molar-refractivity contribution < 1.29 is 24.5 Å². The van der Waals surface area contributed by atoms with Gasteiger partial charge in [-0.15, -0.1) is 0 Å². The standard InChI is InChI=1S/C74H143NO5/c1-3-5-7-9-11-13-15-17-19-20-32-36-40-44-48-52-56-60-64-68-74(79)80-69-65-61-57-53-49-45-41-37-34-31-29-27-25-23-21-22-24-26-28-30-33-35-39-43-47-51-55-59-63-67-73(78)75-71(70-76)72(77)66-62-58-54-50-46-42-38-18-16-14-12-10-8-6-4-2/h17,19,62,66,71-72,76-77H,3-16,18,20-61,63-65,67-70H2,1-2H3,(H,75,78)/b19-17-,66-62+. The highest BCUT2D eigenvalue weighted by molar-refractivity contribution is 5.76. The number of esters is 1. The number of nitrogens with one attached hydrogen (secondary N) is 1. The quantitative estimate of drug-likeness (QED) is 0.0320. The third-order valence-corrected chi connectivity index (χ3v) is 17.2. The van der Waals surface area contributed by atoms with Crippen LogP contribution < -0.4 is 5.32 Å². The van der Waals surface area contributed by atoms with E-state index in [4.69, 9.17) is 4.74 Å². The van der Waals surface area contributed by atoms with Crippen LogP contribution in [-0.2, 0) is 14.3 Å². The normalized spacial score (nSPS) is 12.6. The Morgan fingerprint density at radius 1 is 0.338 bits per heavy atom. The highest BCUT2D eigenvalue weighted by atomic mass is 16.5. The number of aliphatic hydroxyl groups is 2. The van der Waals surface area contributed by atoms with Gasteiger partial charge in [-0.1, -0.05) is 366 Å². The molecule has 1 amide bonds. The van der Waals surface area contributed by atoms with Crippen LogP contribution in [0.2, 0.25) is 0 Å². The van der Waals surface area contributed by atoms with Crippen molar-refractivity contribution in [2.24, 2.45) is 0 Å². The maximum atomic E-state index is 12.5. The SMILES string of the molecule is CCCCCCCC/C=C\CCCCCCCCCCCC(=O)OCCCCCCCCCCCCCCCCCCCCCCCCCCCCCCCC(=O)NC(CO)C(O)/C=C/CCCCCCCCCCCCCCC. The van der Waals surface area contributed by atoms with Crippen molar-refractivity contribution in [2.75, 3.05) is 13.2 Å². The first-order valence-electron chi connectivity index (χ1n) is 36.6. The molecule has 0 aliphatic rings. The molecule has 0 heterocycles. The van der Waals surface area contributed by atoms with E-state index in [1.165, 1.54) is 347 Å². The van der Waals surface area contributed by atoms with Crippen molar-refractivity contribution >= 4 is 11.9 Å². The van der Waals surface area contributed by atoms with Crippen molar-refractivity contribution in [3.05, 3.63) is 24.3 Å². The third kappa shape index (κ3) is 65.5. The van der Waals surface area contributed by atoms with E-state index >= 15 is 0 Å². The lowest BCUT2D eigenvalue weighted by Crippen LogP contribution is -2.45. The number of carbonyl (C=O) groups is 2. The number of hydrogen-bond acceptors (Lipinski definition) is 5. The van der Waals surface area contributed by atoms with Crippen LogP contribution in [0.1, 0.15) is 412 Å². The Bertz CT molecular complexity index is 1250. The number of carbonyl (C=O) groups excluding carboxylic acids is 2. The lowest BCUT2D eigenvalue weighted by molar-refractivity contribution is -0.143. The minimum Gasteiger partial charge on any atom is -0.466 e. The molecule has 0 aliphatic heterocycles. The van der Waals surface area contributed by atoms with Gasteiger partial charge in [0.1, 0.15) is 0 Å². The van der Waals surface area contributed by atoms with Gasteiger partial charge >= 0.3 is 5.97 Å². The molecule has 0 saturated carbocycles. The number of allylic oxidation sites excluding steroid dienone is 3. The Kier molecular flexibility index (Phi) is 68.4. The molecular formula is C74H143NO5. The van der Waals surface area contributed by atoms with Crippen LogP contribution in [0.15, 0.2) is 24.3 Å². The van der Waals surface area contributed by atoms with E-state index in [9.17, 15) is 19.8 Å². The first-order chi connectivity index (χ1) is 39.5. The van der Waals surface area contributed by atoms with E-state index in [1.54, 1.807) is 6.08 Å². The second-order valence-corrected chi connectivity index (χ2v) is 25.3. The summed E-state index contributed by atoms with van der Waals surface area (Å²) in [5, 5.41) is 23.2. The Morgan fingerprint density at radius 3 is 0.887 bits per heavy atom. The summed E-state index contributed by atoms with van der Waals surface area (Å²) in [6.07, 6.45) is 88.4. The fourth-order valence-corrected chi connectivity index (χ4v) is 11.6. The van der Waals surface area contributed by atoms with E-state index in [2.05, 4.69) is 31.3 Å². The van der Waals surface area contributed by atoms with E-state index < -0.39 is 12.1 Å². The van der Waals surface area contributed by atoms with Crippen LogP contribution >= 0.6 is 0 Å². The van der Waals surface area contributed by atoms with Gasteiger partial charge in [0, 0.05) is 12.8 Å². The zero-order valence-electron chi connectivity index (χ0n) is 54.3. The fraction of sp³-hybridized carbons (Fsp3) is 0.919. The van der Waals surface area contributed by atoms with Gasteiger partial charge in [-0.3, -0.25) is 9.59 Å². The summed E-state index contributed by atoms with van der Waals surface area (Å²) in [7, 11) is 0. The lowest BCUT2D eigenvalue weighted by atomic mass is 10.0. The average Bonchev–Trinajstić information content (AvgIpc) is 3.46. The summed E-state index contributed by atoms with van der Waals surface area (Å²) in [5.41, 5.74) is 0. The number of ether oxygens (including phenoxy) is 1. The molecule has 0 fully saturated rings. The van der Waals surface area contributed by atoms with Gasteiger partial charge in [0.25, 0.3) is 0 Å². The Balaban J connectivity index is 3.33. The fourth-order valence-electron chi connectivity index (χ4n) is 11.6. The predicted molar refractivity (Wildman–Crippen MR) is 352 cm³/mol. The summed E-state index contributed by atoms with van der Waals surface area (Å²) >= 11 is 0. The van der Waals surface area contributed by atoms with Crippen molar-refractivity contribution in [3.8, 4) is 0 Å². The van der Waals surface area contributed by atoms with Crippen LogP contribution in [0, 0.1) is 0 Å². The summed E-state index contributed by atoms with van der Waals surface area (Å²) in [6, 6.07) is -0.625. The maximum absolute atomic E-state index is 12.5. The van der Waals surface area contributed by atoms with Gasteiger partial charge in [0.05, 0.1) is 25.4 Å². The molecule has 0 aromatic heterocycles. The van der Waals surface area contributed by atoms with Crippen LogP contribution in [0.3, 0.4) is 0 Å². The number of hydrogen-bond donors (Lipinski definition) is 3. The van der Waals surface area contributed by atoms with Gasteiger partial charge in [0.15, 0.2) is 0 Å². The van der Waals surface area contributed by atoms with Gasteiger partial charge in [-0.05, 0) is 57.8 Å². The zero-order chi connectivity index (χ0) is 57.8. The molecular weight excluding hydrogens is 983 g/mol. The minimum atomic E-state index is -0.841. The van der Waals surface area contributed by atoms with Crippen LogP contribution in [0.4, 0.5) is 0 Å². The molecule has 474 valence electrons. The van der Waals surface area contributed by atoms with Gasteiger partial charge in [-0.25, -0.2) is 0 Å². The van der Waals surface area contributed by atoms with Gasteiger partial charge in [-0.2, -0.15) is 0 Å². The minimum absolute atomic E-state index is 0.0195. The molecule has 0 rings (SSSR count). The first-order valence-corrected chi connectivity index (χ1v) is 36.6. The second-order valence-electron chi connectivity index (χ2n) is 25.3. The molecule has 0 bridgehead atoms. The number of aliphatic hydroxyl groups excluding tert-OH is 2. The zero-order valence-corrected chi connectivity index (χ0v) is 54.3. The average molecular weight is 1130 g/mol. The van der Waals surface area contributed by atoms with Crippen LogP contribution in [-0.4, -0.2) is 47.4 Å². The Labute approximate surface area is 501 Å². The van der Waals surface area contributed by atoms with E-state index in [0.29, 0.717) is 19.4 Å². The topological polar surface area (TPSA) is 95.9 Å². The molecule has 80 heavy (non-hydrogen) atoms. The van der Waals surface area contributed by atoms with E-state index in [-0.39, 0.29) is 18.5 Å². The Hall–Kier alpha value is -1.66. The summed E-state index contributed by atoms with van der Waals surface area (Å²) < 4.78 is 5.51. The van der Waals surface area contributed by atoms with Crippen LogP contribution in [0.25, 0.3) is 0 Å². The smallest absolute Gasteiger partial charge is 0.305 e.